The minimum Gasteiger partial charge on any atom is -0.382 e. The number of aromatic nitrogens is 2. The Hall–Kier alpha value is -1.69. The second kappa shape index (κ2) is 7.04. The highest BCUT2D eigenvalue weighted by Crippen LogP contribution is 2.57. The van der Waals surface area contributed by atoms with Crippen LogP contribution in [0.2, 0.25) is 5.02 Å². The van der Waals surface area contributed by atoms with Crippen LogP contribution in [-0.2, 0) is 0 Å². The van der Waals surface area contributed by atoms with Gasteiger partial charge in [0.05, 0.1) is 5.69 Å². The van der Waals surface area contributed by atoms with E-state index in [0.717, 1.165) is 53.7 Å². The molecule has 0 amide bonds. The maximum Gasteiger partial charge on any atom is 0.127 e. The molecule has 2 atom stereocenters. The average molecular weight is 399 g/mol. The van der Waals surface area contributed by atoms with Crippen molar-refractivity contribution in [2.24, 2.45) is 0 Å². The highest BCUT2D eigenvalue weighted by molar-refractivity contribution is 7.16. The molecule has 2 aromatic heterocycles. The van der Waals surface area contributed by atoms with Crippen LogP contribution in [0.15, 0.2) is 29.6 Å². The lowest BCUT2D eigenvalue weighted by molar-refractivity contribution is 0.479. The number of hydrogen-bond donors (Lipinski definition) is 2. The quantitative estimate of drug-likeness (QED) is 0.642. The molecule has 0 spiro atoms. The first-order valence-corrected chi connectivity index (χ1v) is 10.9. The Morgan fingerprint density at radius 2 is 2.00 bits per heavy atom. The normalized spacial score (nSPS) is 22.9. The second-order valence-corrected chi connectivity index (χ2v) is 8.95. The van der Waals surface area contributed by atoms with Gasteiger partial charge in [-0.25, -0.2) is 9.97 Å². The first-order valence-electron chi connectivity index (χ1n) is 9.67. The van der Waals surface area contributed by atoms with Crippen molar-refractivity contribution >= 4 is 38.8 Å². The number of piperidine rings is 1. The maximum atomic E-state index is 6.68. The standard InChI is InChI=1S/C21H23ClN4S/c1-12-24-20(16-6-9-27-21(16)25-12)18-11-17(18)15-3-2-14(10-19(15)22)26-13-4-7-23-8-5-13/h2-3,6,9-10,13,17-18,23,26H,4-5,7-8,11H2,1H3. The molecule has 1 aliphatic carbocycles. The molecule has 5 rings (SSSR count). The lowest BCUT2D eigenvalue weighted by Gasteiger charge is -2.25. The summed E-state index contributed by atoms with van der Waals surface area (Å²) in [4.78, 5) is 10.4. The Morgan fingerprint density at radius 1 is 1.15 bits per heavy atom. The second-order valence-electron chi connectivity index (χ2n) is 7.65. The summed E-state index contributed by atoms with van der Waals surface area (Å²) < 4.78 is 0. The van der Waals surface area contributed by atoms with Gasteiger partial charge in [0, 0.05) is 28.1 Å². The number of halogens is 1. The van der Waals surface area contributed by atoms with Crippen LogP contribution in [0.25, 0.3) is 10.2 Å². The van der Waals surface area contributed by atoms with Crippen LogP contribution in [-0.4, -0.2) is 29.1 Å². The summed E-state index contributed by atoms with van der Waals surface area (Å²) in [5, 5.41) is 11.2. The van der Waals surface area contributed by atoms with E-state index >= 15 is 0 Å². The summed E-state index contributed by atoms with van der Waals surface area (Å²) in [5.41, 5.74) is 3.57. The molecule has 3 aromatic rings. The molecule has 0 radical (unpaired) electrons. The number of thiophene rings is 1. The third kappa shape index (κ3) is 3.44. The Labute approximate surface area is 168 Å². The van der Waals surface area contributed by atoms with Gasteiger partial charge in [0.1, 0.15) is 10.7 Å². The lowest BCUT2D eigenvalue weighted by atomic mass is 10.0. The smallest absolute Gasteiger partial charge is 0.127 e. The van der Waals surface area contributed by atoms with E-state index in [1.54, 1.807) is 11.3 Å². The van der Waals surface area contributed by atoms with Gasteiger partial charge in [-0.15, -0.1) is 11.3 Å². The number of fused-ring (bicyclic) bond motifs is 1. The number of hydrogen-bond acceptors (Lipinski definition) is 5. The third-order valence-electron chi connectivity index (χ3n) is 5.72. The van der Waals surface area contributed by atoms with Crippen LogP contribution in [0.3, 0.4) is 0 Å². The summed E-state index contributed by atoms with van der Waals surface area (Å²) in [5.74, 6) is 1.77. The molecule has 27 heavy (non-hydrogen) atoms. The molecule has 2 N–H and O–H groups in total. The van der Waals surface area contributed by atoms with Gasteiger partial charge in [-0.1, -0.05) is 17.7 Å². The number of nitrogens with one attached hydrogen (secondary N) is 2. The van der Waals surface area contributed by atoms with Crippen molar-refractivity contribution in [2.45, 2.75) is 44.1 Å². The zero-order chi connectivity index (χ0) is 18.4. The molecule has 4 nitrogen and oxygen atoms in total. The lowest BCUT2D eigenvalue weighted by Crippen LogP contribution is -2.35. The summed E-state index contributed by atoms with van der Waals surface area (Å²) in [7, 11) is 0. The Morgan fingerprint density at radius 3 is 2.81 bits per heavy atom. The molecule has 1 saturated carbocycles. The van der Waals surface area contributed by atoms with Crippen LogP contribution >= 0.6 is 22.9 Å². The van der Waals surface area contributed by atoms with Crippen LogP contribution < -0.4 is 10.6 Å². The van der Waals surface area contributed by atoms with Crippen LogP contribution in [0.4, 0.5) is 5.69 Å². The zero-order valence-corrected chi connectivity index (χ0v) is 16.9. The molecular weight excluding hydrogens is 376 g/mol. The summed E-state index contributed by atoms with van der Waals surface area (Å²) in [6, 6.07) is 9.18. The van der Waals surface area contributed by atoms with Crippen molar-refractivity contribution in [2.75, 3.05) is 18.4 Å². The molecule has 6 heteroatoms. The molecule has 1 saturated heterocycles. The van der Waals surface area contributed by atoms with Crippen molar-refractivity contribution in [3.05, 3.63) is 51.7 Å². The molecular formula is C21H23ClN4S. The zero-order valence-electron chi connectivity index (χ0n) is 15.3. The van der Waals surface area contributed by atoms with Gasteiger partial charge in [0.2, 0.25) is 0 Å². The highest BCUT2D eigenvalue weighted by Gasteiger charge is 2.42. The molecule has 140 valence electrons. The Kier molecular flexibility index (Phi) is 4.54. The highest BCUT2D eigenvalue weighted by atomic mass is 35.5. The summed E-state index contributed by atoms with van der Waals surface area (Å²) in [6.45, 7) is 4.15. The molecule has 2 fully saturated rings. The molecule has 2 unspecified atom stereocenters. The predicted molar refractivity (Wildman–Crippen MR) is 113 cm³/mol. The van der Waals surface area contributed by atoms with E-state index in [1.807, 2.05) is 6.92 Å². The van der Waals surface area contributed by atoms with Gasteiger partial charge in [-0.3, -0.25) is 0 Å². The van der Waals surface area contributed by atoms with Crippen molar-refractivity contribution in [1.82, 2.24) is 15.3 Å². The van der Waals surface area contributed by atoms with E-state index in [0.29, 0.717) is 17.9 Å². The van der Waals surface area contributed by atoms with Gasteiger partial charge < -0.3 is 10.6 Å². The topological polar surface area (TPSA) is 49.8 Å². The van der Waals surface area contributed by atoms with Gasteiger partial charge in [-0.05, 0) is 74.3 Å². The van der Waals surface area contributed by atoms with Crippen LogP contribution in [0, 0.1) is 6.92 Å². The van der Waals surface area contributed by atoms with E-state index in [2.05, 4.69) is 45.3 Å². The number of nitrogens with zero attached hydrogens (tertiary/aromatic N) is 2. The van der Waals surface area contributed by atoms with Crippen LogP contribution in [0.5, 0.6) is 0 Å². The number of aryl methyl sites for hydroxylation is 1. The van der Waals surface area contributed by atoms with E-state index in [1.165, 1.54) is 16.6 Å². The minimum absolute atomic E-state index is 0.449. The molecule has 1 aromatic carbocycles. The van der Waals surface area contributed by atoms with Crippen molar-refractivity contribution in [1.29, 1.82) is 0 Å². The molecule has 0 bridgehead atoms. The fourth-order valence-electron chi connectivity index (χ4n) is 4.23. The van der Waals surface area contributed by atoms with E-state index in [-0.39, 0.29) is 0 Å². The first kappa shape index (κ1) is 17.4. The van der Waals surface area contributed by atoms with Crippen molar-refractivity contribution in [3.63, 3.8) is 0 Å². The van der Waals surface area contributed by atoms with Crippen LogP contribution in [0.1, 0.15) is 48.2 Å². The Balaban J connectivity index is 1.36. The van der Waals surface area contributed by atoms with Gasteiger partial charge in [0.15, 0.2) is 0 Å². The van der Waals surface area contributed by atoms with Gasteiger partial charge >= 0.3 is 0 Å². The fourth-order valence-corrected chi connectivity index (χ4v) is 5.37. The van der Waals surface area contributed by atoms with E-state index in [9.17, 15) is 0 Å². The van der Waals surface area contributed by atoms with Gasteiger partial charge in [-0.2, -0.15) is 0 Å². The minimum atomic E-state index is 0.449. The van der Waals surface area contributed by atoms with Gasteiger partial charge in [0.25, 0.3) is 0 Å². The number of anilines is 1. The third-order valence-corrected chi connectivity index (χ3v) is 6.85. The van der Waals surface area contributed by atoms with E-state index < -0.39 is 0 Å². The predicted octanol–water partition coefficient (Wildman–Crippen LogP) is 5.09. The summed E-state index contributed by atoms with van der Waals surface area (Å²) >= 11 is 8.37. The van der Waals surface area contributed by atoms with E-state index in [4.69, 9.17) is 16.6 Å². The largest absolute Gasteiger partial charge is 0.382 e. The van der Waals surface area contributed by atoms with Crippen molar-refractivity contribution < 1.29 is 0 Å². The monoisotopic (exact) mass is 398 g/mol. The average Bonchev–Trinajstić information content (AvgIpc) is 3.30. The number of rotatable bonds is 4. The first-order chi connectivity index (χ1) is 13.2. The number of benzene rings is 1. The molecule has 2 aliphatic rings. The SMILES string of the molecule is Cc1nc(C2CC2c2ccc(NC3CCNCC3)cc2Cl)c2ccsc2n1. The summed E-state index contributed by atoms with van der Waals surface area (Å²) in [6.07, 6.45) is 3.43. The molecule has 3 heterocycles. The fraction of sp³-hybridized carbons (Fsp3) is 0.429. The molecule has 1 aliphatic heterocycles. The Bertz CT molecular complexity index is 979. The maximum absolute atomic E-state index is 6.68. The van der Waals surface area contributed by atoms with Crippen molar-refractivity contribution in [3.8, 4) is 0 Å².